The molecule has 106 valence electrons. The van der Waals surface area contributed by atoms with Crippen LogP contribution in [0.5, 0.6) is 0 Å². The summed E-state index contributed by atoms with van der Waals surface area (Å²) in [6, 6.07) is 20.2. The normalized spacial score (nSPS) is 19.3. The Morgan fingerprint density at radius 1 is 0.773 bits per heavy atom. The molecule has 0 aromatic heterocycles. The van der Waals surface area contributed by atoms with Crippen LogP contribution in [0.4, 0.5) is 0 Å². The van der Waals surface area contributed by atoms with Crippen LogP contribution in [-0.2, 0) is 6.42 Å². The molecule has 0 radical (unpaired) electrons. The van der Waals surface area contributed by atoms with E-state index in [-0.39, 0.29) is 6.17 Å². The molecule has 0 spiro atoms. The van der Waals surface area contributed by atoms with Crippen molar-refractivity contribution in [1.29, 1.82) is 0 Å². The van der Waals surface area contributed by atoms with Gasteiger partial charge in [0.15, 0.2) is 11.7 Å². The van der Waals surface area contributed by atoms with E-state index < -0.39 is 0 Å². The van der Waals surface area contributed by atoms with Gasteiger partial charge in [0, 0.05) is 12.0 Å². The number of hydrogen-bond donors (Lipinski definition) is 0. The highest BCUT2D eigenvalue weighted by Gasteiger charge is 2.22. The third-order valence-electron chi connectivity index (χ3n) is 3.60. The lowest BCUT2D eigenvalue weighted by molar-refractivity contribution is 0.710. The molecule has 2 aromatic rings. The van der Waals surface area contributed by atoms with E-state index >= 15 is 0 Å². The van der Waals surface area contributed by atoms with E-state index in [2.05, 4.69) is 32.1 Å². The number of benzene rings is 2. The Kier molecular flexibility index (Phi) is 3.20. The van der Waals surface area contributed by atoms with Crippen LogP contribution in [0.25, 0.3) is 0 Å². The fraction of sp³-hybridized carbons (Fsp3) is 0.111. The van der Waals surface area contributed by atoms with Crippen molar-refractivity contribution in [3.05, 3.63) is 71.8 Å². The van der Waals surface area contributed by atoms with Crippen molar-refractivity contribution < 1.29 is 0 Å². The minimum atomic E-state index is -0.116. The molecule has 1 unspecified atom stereocenters. The minimum absolute atomic E-state index is 0.116. The monoisotopic (exact) mass is 286 g/mol. The maximum Gasteiger partial charge on any atom is 0.179 e. The van der Waals surface area contributed by atoms with Crippen LogP contribution < -0.4 is 0 Å². The van der Waals surface area contributed by atoms with E-state index in [1.807, 2.05) is 48.5 Å². The van der Waals surface area contributed by atoms with Gasteiger partial charge in [0.25, 0.3) is 0 Å². The van der Waals surface area contributed by atoms with Crippen LogP contribution in [0, 0.1) is 0 Å². The maximum atomic E-state index is 4.62. The Balaban J connectivity index is 1.58. The largest absolute Gasteiger partial charge is 0.264 e. The van der Waals surface area contributed by atoms with Crippen LogP contribution in [0.3, 0.4) is 0 Å². The van der Waals surface area contributed by atoms with E-state index in [0.29, 0.717) is 11.7 Å². The Labute approximate surface area is 128 Å². The van der Waals surface area contributed by atoms with Gasteiger partial charge in [-0.3, -0.25) is 4.99 Å². The fourth-order valence-electron chi connectivity index (χ4n) is 2.50. The van der Waals surface area contributed by atoms with Gasteiger partial charge in [-0.25, -0.2) is 15.0 Å². The summed E-state index contributed by atoms with van der Waals surface area (Å²) < 4.78 is 0. The van der Waals surface area contributed by atoms with Gasteiger partial charge in [0.1, 0.15) is 11.9 Å². The van der Waals surface area contributed by atoms with Gasteiger partial charge in [-0.1, -0.05) is 60.7 Å². The van der Waals surface area contributed by atoms with Gasteiger partial charge in [0.05, 0.1) is 6.21 Å². The fourth-order valence-corrected chi connectivity index (χ4v) is 2.50. The molecule has 2 heterocycles. The second kappa shape index (κ2) is 5.48. The second-order valence-corrected chi connectivity index (χ2v) is 5.20. The molecule has 2 aliphatic rings. The highest BCUT2D eigenvalue weighted by atomic mass is 15.1. The quantitative estimate of drug-likeness (QED) is 0.833. The Morgan fingerprint density at radius 2 is 1.50 bits per heavy atom. The van der Waals surface area contributed by atoms with Crippen LogP contribution in [-0.4, -0.2) is 29.8 Å². The van der Waals surface area contributed by atoms with Gasteiger partial charge >= 0.3 is 0 Å². The number of amidine groups is 2. The molecule has 1 atom stereocenters. The Morgan fingerprint density at radius 3 is 2.27 bits per heavy atom. The smallest absolute Gasteiger partial charge is 0.179 e. The minimum Gasteiger partial charge on any atom is -0.264 e. The number of hydrogen-bond acceptors (Lipinski definition) is 4. The van der Waals surface area contributed by atoms with Crippen LogP contribution in [0.15, 0.2) is 80.6 Å². The first-order chi connectivity index (χ1) is 10.9. The standard InChI is InChI=1S/C18H14N4/c1-3-7-13(8-4-1)11-16-19-12-15-18(21-16)22-17(20-15)14-9-5-2-6-10-14/h1-10,12,16H,11H2. The first-order valence-electron chi connectivity index (χ1n) is 7.26. The molecular weight excluding hydrogens is 272 g/mol. The number of fused-ring (bicyclic) bond motifs is 1. The highest BCUT2D eigenvalue weighted by Crippen LogP contribution is 2.15. The summed E-state index contributed by atoms with van der Waals surface area (Å²) in [6.45, 7) is 0. The van der Waals surface area contributed by atoms with Crippen LogP contribution in [0.2, 0.25) is 0 Å². The van der Waals surface area contributed by atoms with E-state index in [4.69, 9.17) is 0 Å². The first kappa shape index (κ1) is 12.8. The van der Waals surface area contributed by atoms with Crippen LogP contribution >= 0.6 is 0 Å². The predicted octanol–water partition coefficient (Wildman–Crippen LogP) is 2.94. The van der Waals surface area contributed by atoms with Crippen molar-refractivity contribution in [1.82, 2.24) is 0 Å². The number of aliphatic imine (C=N–C) groups is 4. The van der Waals surface area contributed by atoms with E-state index in [1.54, 1.807) is 6.21 Å². The average molecular weight is 286 g/mol. The van der Waals surface area contributed by atoms with Gasteiger partial charge in [-0.15, -0.1) is 0 Å². The molecule has 4 heteroatoms. The lowest BCUT2D eigenvalue weighted by atomic mass is 10.1. The van der Waals surface area contributed by atoms with E-state index in [9.17, 15) is 0 Å². The zero-order valence-electron chi connectivity index (χ0n) is 11.9. The molecule has 4 rings (SSSR count). The summed E-state index contributed by atoms with van der Waals surface area (Å²) in [4.78, 5) is 18.1. The number of rotatable bonds is 3. The lowest BCUT2D eigenvalue weighted by Crippen LogP contribution is -2.21. The molecule has 0 bridgehead atoms. The molecule has 22 heavy (non-hydrogen) atoms. The van der Waals surface area contributed by atoms with Gasteiger partial charge in [-0.05, 0) is 5.56 Å². The summed E-state index contributed by atoms with van der Waals surface area (Å²) >= 11 is 0. The Bertz CT molecular complexity index is 801. The van der Waals surface area contributed by atoms with Crippen LogP contribution in [0.1, 0.15) is 11.1 Å². The van der Waals surface area contributed by atoms with Crippen molar-refractivity contribution in [2.24, 2.45) is 20.0 Å². The third-order valence-corrected chi connectivity index (χ3v) is 3.60. The Hall–Kier alpha value is -2.88. The van der Waals surface area contributed by atoms with E-state index in [0.717, 1.165) is 17.7 Å². The summed E-state index contributed by atoms with van der Waals surface area (Å²) in [6.07, 6.45) is 2.45. The molecule has 0 amide bonds. The molecule has 0 fully saturated rings. The lowest BCUT2D eigenvalue weighted by Gasteiger charge is -2.11. The van der Waals surface area contributed by atoms with Gasteiger partial charge in [0.2, 0.25) is 0 Å². The summed E-state index contributed by atoms with van der Waals surface area (Å²) in [5, 5.41) is 0. The number of nitrogens with zero attached hydrogens (tertiary/aromatic N) is 4. The molecule has 0 aliphatic carbocycles. The SMILES string of the molecule is C1=NC(Cc2ccccc2)N=C2N=C(c3ccccc3)N=C12. The molecule has 0 saturated carbocycles. The summed E-state index contributed by atoms with van der Waals surface area (Å²) in [5.74, 6) is 1.40. The van der Waals surface area contributed by atoms with Crippen molar-refractivity contribution in [3.63, 3.8) is 0 Å². The average Bonchev–Trinajstić information content (AvgIpc) is 3.00. The molecular formula is C18H14N4. The highest BCUT2D eigenvalue weighted by molar-refractivity contribution is 6.66. The molecule has 0 N–H and O–H groups in total. The van der Waals surface area contributed by atoms with Crippen molar-refractivity contribution in [2.75, 3.05) is 0 Å². The van der Waals surface area contributed by atoms with Gasteiger partial charge < -0.3 is 0 Å². The maximum absolute atomic E-state index is 4.62. The topological polar surface area (TPSA) is 49.4 Å². The molecule has 0 saturated heterocycles. The van der Waals surface area contributed by atoms with Crippen molar-refractivity contribution in [3.8, 4) is 0 Å². The van der Waals surface area contributed by atoms with E-state index in [1.165, 1.54) is 5.56 Å². The zero-order chi connectivity index (χ0) is 14.8. The molecule has 2 aliphatic heterocycles. The predicted molar refractivity (Wildman–Crippen MR) is 90.3 cm³/mol. The van der Waals surface area contributed by atoms with Gasteiger partial charge in [-0.2, -0.15) is 0 Å². The second-order valence-electron chi connectivity index (χ2n) is 5.20. The van der Waals surface area contributed by atoms with Crippen molar-refractivity contribution >= 4 is 23.6 Å². The summed E-state index contributed by atoms with van der Waals surface area (Å²) in [5.41, 5.74) is 2.97. The molecule has 2 aromatic carbocycles. The third kappa shape index (κ3) is 2.51. The molecule has 4 nitrogen and oxygen atoms in total. The summed E-state index contributed by atoms with van der Waals surface area (Å²) in [7, 11) is 0. The van der Waals surface area contributed by atoms with Crippen molar-refractivity contribution in [2.45, 2.75) is 12.6 Å². The first-order valence-corrected chi connectivity index (χ1v) is 7.26. The zero-order valence-corrected chi connectivity index (χ0v) is 11.9.